The van der Waals surface area contributed by atoms with E-state index in [1.165, 1.54) is 5.56 Å². The molecule has 0 saturated carbocycles. The molecular weight excluding hydrogens is 252 g/mol. The second-order valence-electron chi connectivity index (χ2n) is 4.34. The summed E-state index contributed by atoms with van der Waals surface area (Å²) in [5.74, 6) is 0.440. The molecule has 5 nitrogen and oxygen atoms in total. The van der Waals surface area contributed by atoms with Crippen LogP contribution in [0.4, 0.5) is 0 Å². The molecule has 1 aliphatic heterocycles. The Morgan fingerprint density at radius 3 is 2.50 bits per heavy atom. The minimum atomic E-state index is 0. The molecule has 1 heterocycles. The van der Waals surface area contributed by atoms with Crippen molar-refractivity contribution in [3.63, 3.8) is 0 Å². The second-order valence-corrected chi connectivity index (χ2v) is 4.34. The second kappa shape index (κ2) is 6.49. The maximum absolute atomic E-state index is 5.57. The van der Waals surface area contributed by atoms with E-state index in [1.54, 1.807) is 11.8 Å². The van der Waals surface area contributed by atoms with E-state index in [2.05, 4.69) is 43.3 Å². The van der Waals surface area contributed by atoms with Gasteiger partial charge in [-0.25, -0.2) is 0 Å². The summed E-state index contributed by atoms with van der Waals surface area (Å²) < 4.78 is 0. The Balaban J connectivity index is 0.00000162. The van der Waals surface area contributed by atoms with E-state index in [0.29, 0.717) is 11.9 Å². The topological polar surface area (TPSA) is 58.3 Å². The lowest BCUT2D eigenvalue weighted by atomic mass is 10.1. The van der Waals surface area contributed by atoms with E-state index in [1.807, 2.05) is 11.1 Å². The van der Waals surface area contributed by atoms with Crippen molar-refractivity contribution in [3.05, 3.63) is 48.0 Å². The Labute approximate surface area is 114 Å². The minimum absolute atomic E-state index is 0. The smallest absolute Gasteiger partial charge is 0.277 e. The van der Waals surface area contributed by atoms with Crippen molar-refractivity contribution in [2.45, 2.75) is 6.04 Å². The van der Waals surface area contributed by atoms with Gasteiger partial charge >= 0.3 is 0 Å². The Bertz CT molecular complexity index is 396. The van der Waals surface area contributed by atoms with E-state index in [-0.39, 0.29) is 12.4 Å². The normalized spacial score (nSPS) is 15.9. The molecule has 1 aromatic carbocycles. The van der Waals surface area contributed by atoms with Gasteiger partial charge in [-0.2, -0.15) is 5.01 Å². The zero-order valence-corrected chi connectivity index (χ0v) is 11.3. The summed E-state index contributed by atoms with van der Waals surface area (Å²) in [5, 5.41) is 1.97. The van der Waals surface area contributed by atoms with Crippen LogP contribution < -0.4 is 23.7 Å². The van der Waals surface area contributed by atoms with E-state index in [0.717, 1.165) is 6.54 Å². The Morgan fingerprint density at radius 1 is 1.33 bits per heavy atom. The molecule has 1 unspecified atom stereocenters. The molecule has 2 rings (SSSR count). The number of benzene rings is 1. The molecule has 1 aromatic rings. The summed E-state index contributed by atoms with van der Waals surface area (Å²) in [7, 11) is 4.14. The first kappa shape index (κ1) is 14.6. The largest absolute Gasteiger partial charge is 1.00 e. The fourth-order valence-corrected chi connectivity index (χ4v) is 1.89. The summed E-state index contributed by atoms with van der Waals surface area (Å²) in [6, 6.07) is 10.7. The molecule has 0 amide bonds. The zero-order valence-electron chi connectivity index (χ0n) is 10.6. The maximum Gasteiger partial charge on any atom is 0.277 e. The van der Waals surface area contributed by atoms with Crippen molar-refractivity contribution >= 4 is 0 Å². The molecular formula is C12H19ClN4O. The highest BCUT2D eigenvalue weighted by Crippen LogP contribution is 2.18. The Morgan fingerprint density at radius 2 is 2.00 bits per heavy atom. The van der Waals surface area contributed by atoms with E-state index in [9.17, 15) is 0 Å². The lowest BCUT2D eigenvalue weighted by molar-refractivity contribution is -0.971. The number of likely N-dealkylation sites (N-methyl/N-ethyl adjacent to an activating group) is 1. The molecule has 1 atom stereocenters. The third-order valence-corrected chi connectivity index (χ3v) is 2.81. The highest BCUT2D eigenvalue weighted by molar-refractivity contribution is 5.19. The van der Waals surface area contributed by atoms with Crippen molar-refractivity contribution in [3.8, 4) is 0 Å². The van der Waals surface area contributed by atoms with Crippen LogP contribution in [-0.4, -0.2) is 30.5 Å². The number of hydrogen-bond acceptors (Lipinski definition) is 4. The van der Waals surface area contributed by atoms with Crippen molar-refractivity contribution in [1.82, 2.24) is 9.91 Å². The summed E-state index contributed by atoms with van der Waals surface area (Å²) >= 11 is 0. The first-order valence-electron chi connectivity index (χ1n) is 5.61. The molecule has 0 saturated heterocycles. The van der Waals surface area contributed by atoms with Gasteiger partial charge in [0.25, 0.3) is 5.88 Å². The fraction of sp³-hybridized carbons (Fsp3) is 0.333. The molecule has 0 radical (unpaired) electrons. The van der Waals surface area contributed by atoms with Gasteiger partial charge in [-0.3, -0.25) is 4.84 Å². The Hall–Kier alpha value is -1.43. The fourth-order valence-electron chi connectivity index (χ4n) is 1.89. The standard InChI is InChI=1S/C12H18N4O.ClH/c1-15(2)11(10-6-4-3-5-7-10)8-16-9-12(13)17-14-16;/h3-7,9,11,14H,8,13H2,1-2H3;1H. The molecule has 6 heteroatoms. The molecule has 18 heavy (non-hydrogen) atoms. The molecule has 1 aliphatic rings. The maximum atomic E-state index is 5.57. The molecule has 0 fully saturated rings. The summed E-state index contributed by atoms with van der Waals surface area (Å²) in [6.07, 6.45) is 1.80. The van der Waals surface area contributed by atoms with Crippen LogP contribution in [0.1, 0.15) is 11.6 Å². The number of halogens is 1. The van der Waals surface area contributed by atoms with Crippen LogP contribution in [0.5, 0.6) is 0 Å². The van der Waals surface area contributed by atoms with Gasteiger partial charge in [0.1, 0.15) is 6.20 Å². The van der Waals surface area contributed by atoms with Crippen LogP contribution in [-0.2, 0) is 4.84 Å². The van der Waals surface area contributed by atoms with Crippen LogP contribution in [0.2, 0.25) is 0 Å². The molecule has 4 N–H and O–H groups in total. The van der Waals surface area contributed by atoms with Crippen LogP contribution in [0, 0.1) is 0 Å². The minimum Gasteiger partial charge on any atom is -1.00 e. The van der Waals surface area contributed by atoms with Crippen LogP contribution in [0.15, 0.2) is 42.4 Å². The molecule has 100 valence electrons. The van der Waals surface area contributed by atoms with E-state index >= 15 is 0 Å². The van der Waals surface area contributed by atoms with Gasteiger partial charge in [0, 0.05) is 0 Å². The first-order chi connectivity index (χ1) is 8.16. The van der Waals surface area contributed by atoms with Gasteiger partial charge in [-0.05, 0) is 19.7 Å². The number of nitrogens with zero attached hydrogens (tertiary/aromatic N) is 2. The lowest BCUT2D eigenvalue weighted by Crippen LogP contribution is -3.00. The first-order valence-corrected chi connectivity index (χ1v) is 5.61. The number of quaternary nitrogens is 1. The van der Waals surface area contributed by atoms with Crippen molar-refractivity contribution in [2.75, 3.05) is 20.6 Å². The van der Waals surface area contributed by atoms with Crippen molar-refractivity contribution in [1.29, 1.82) is 0 Å². The van der Waals surface area contributed by atoms with Crippen molar-refractivity contribution < 1.29 is 22.8 Å². The Kier molecular flexibility index (Phi) is 5.27. The third kappa shape index (κ3) is 3.53. The highest BCUT2D eigenvalue weighted by Gasteiger charge is 2.22. The van der Waals surface area contributed by atoms with Crippen LogP contribution in [0.3, 0.4) is 0 Å². The van der Waals surface area contributed by atoms with Gasteiger partial charge in [0.2, 0.25) is 0 Å². The van der Waals surface area contributed by atoms with Gasteiger partial charge in [-0.15, -0.1) is 0 Å². The summed E-state index contributed by atoms with van der Waals surface area (Å²) in [6.45, 7) is 0.817. The molecule has 0 aliphatic carbocycles. The van der Waals surface area contributed by atoms with Crippen LogP contribution in [0.25, 0.3) is 0 Å². The SMILES string of the molecule is CN(C)C(CN1C=C(N)O[NH2+]1)c1ccccc1.[Cl-]. The predicted molar refractivity (Wildman–Crippen MR) is 64.9 cm³/mol. The van der Waals surface area contributed by atoms with Gasteiger partial charge in [0.15, 0.2) is 0 Å². The predicted octanol–water partition coefficient (Wildman–Crippen LogP) is -3.22. The lowest BCUT2D eigenvalue weighted by Gasteiger charge is -2.26. The molecule has 0 aromatic heterocycles. The quantitative estimate of drug-likeness (QED) is 0.565. The highest BCUT2D eigenvalue weighted by atomic mass is 35.5. The van der Waals surface area contributed by atoms with Crippen molar-refractivity contribution in [2.24, 2.45) is 5.73 Å². The van der Waals surface area contributed by atoms with E-state index < -0.39 is 0 Å². The van der Waals surface area contributed by atoms with Gasteiger partial charge in [0.05, 0.1) is 12.6 Å². The summed E-state index contributed by atoms with van der Waals surface area (Å²) in [5.41, 5.74) is 8.50. The monoisotopic (exact) mass is 270 g/mol. The van der Waals surface area contributed by atoms with Gasteiger partial charge < -0.3 is 23.0 Å². The molecule has 0 spiro atoms. The number of nitrogens with two attached hydrogens (primary N) is 2. The molecule has 0 bridgehead atoms. The zero-order chi connectivity index (χ0) is 12.3. The van der Waals surface area contributed by atoms with Gasteiger partial charge in [-0.1, -0.05) is 35.9 Å². The van der Waals surface area contributed by atoms with E-state index in [4.69, 9.17) is 10.6 Å². The average molecular weight is 271 g/mol. The summed E-state index contributed by atoms with van der Waals surface area (Å²) in [4.78, 5) is 7.29. The van der Waals surface area contributed by atoms with Crippen LogP contribution >= 0.6 is 0 Å². The number of hydrogen-bond donors (Lipinski definition) is 2. The average Bonchev–Trinajstić information content (AvgIpc) is 2.73. The number of rotatable bonds is 4. The third-order valence-electron chi connectivity index (χ3n) is 2.81.